The van der Waals surface area contributed by atoms with Crippen molar-refractivity contribution in [2.24, 2.45) is 17.6 Å². The first-order valence-electron chi connectivity index (χ1n) is 12.4. The van der Waals surface area contributed by atoms with E-state index in [9.17, 15) is 14.4 Å². The third-order valence-electron chi connectivity index (χ3n) is 6.73. The van der Waals surface area contributed by atoms with Crippen LogP contribution < -0.4 is 16.4 Å². The Bertz CT molecular complexity index is 1250. The summed E-state index contributed by atoms with van der Waals surface area (Å²) < 4.78 is 4.92. The predicted molar refractivity (Wildman–Crippen MR) is 139 cm³/mol. The molecule has 1 aliphatic rings. The Morgan fingerprint density at radius 2 is 1.64 bits per heavy atom. The van der Waals surface area contributed by atoms with E-state index in [0.717, 1.165) is 36.6 Å². The lowest BCUT2D eigenvalue weighted by Crippen LogP contribution is -2.34. The van der Waals surface area contributed by atoms with Crippen LogP contribution in [0.15, 0.2) is 54.6 Å². The summed E-state index contributed by atoms with van der Waals surface area (Å²) in [6, 6.07) is 16.3. The molecule has 36 heavy (non-hydrogen) atoms. The molecule has 3 amide bonds. The maximum absolute atomic E-state index is 13.3. The molecule has 1 aromatic heterocycles. The molecule has 2 aromatic carbocycles. The van der Waals surface area contributed by atoms with E-state index in [1.807, 2.05) is 30.3 Å². The summed E-state index contributed by atoms with van der Waals surface area (Å²) in [7, 11) is 0. The number of carbonyl (C=O) groups is 3. The van der Waals surface area contributed by atoms with E-state index in [0.29, 0.717) is 53.9 Å². The summed E-state index contributed by atoms with van der Waals surface area (Å²) in [6.07, 6.45) is 3.64. The highest BCUT2D eigenvalue weighted by Gasteiger charge is 2.23. The number of hydrogen-bond donors (Lipinski definition) is 3. The van der Waals surface area contributed by atoms with Crippen molar-refractivity contribution in [3.8, 4) is 11.3 Å². The molecule has 0 spiro atoms. The first-order valence-corrected chi connectivity index (χ1v) is 12.4. The summed E-state index contributed by atoms with van der Waals surface area (Å²) in [5.41, 5.74) is 8.42. The van der Waals surface area contributed by atoms with Gasteiger partial charge in [0.05, 0.1) is 23.4 Å². The van der Waals surface area contributed by atoms with Gasteiger partial charge in [0, 0.05) is 29.6 Å². The third-order valence-corrected chi connectivity index (χ3v) is 6.73. The zero-order valence-corrected chi connectivity index (χ0v) is 20.5. The Labute approximate surface area is 210 Å². The topological polar surface area (TPSA) is 123 Å². The van der Waals surface area contributed by atoms with Crippen molar-refractivity contribution in [3.05, 3.63) is 65.7 Å². The highest BCUT2D eigenvalue weighted by atomic mass is 16.5. The molecule has 4 N–H and O–H groups in total. The van der Waals surface area contributed by atoms with Crippen molar-refractivity contribution in [1.29, 1.82) is 0 Å². The number of amides is 3. The molecule has 188 valence electrons. The van der Waals surface area contributed by atoms with Gasteiger partial charge >= 0.3 is 6.09 Å². The fraction of sp³-hybridized carbons (Fsp3) is 0.357. The molecule has 8 nitrogen and oxygen atoms in total. The number of rotatable bonds is 8. The van der Waals surface area contributed by atoms with Gasteiger partial charge in [0.25, 0.3) is 5.91 Å². The maximum atomic E-state index is 13.3. The number of nitrogens with zero attached hydrogens (tertiary/aromatic N) is 1. The lowest BCUT2D eigenvalue weighted by Gasteiger charge is -2.28. The lowest BCUT2D eigenvalue weighted by atomic mass is 9.82. The number of fused-ring (bicyclic) bond motifs is 1. The number of carbonyl (C=O) groups excluding carboxylic acids is 3. The van der Waals surface area contributed by atoms with Crippen molar-refractivity contribution < 1.29 is 19.1 Å². The summed E-state index contributed by atoms with van der Waals surface area (Å²) in [5.74, 6) is 0.172. The van der Waals surface area contributed by atoms with E-state index < -0.39 is 5.91 Å². The van der Waals surface area contributed by atoms with Crippen LogP contribution in [0.4, 0.5) is 4.79 Å². The summed E-state index contributed by atoms with van der Waals surface area (Å²) in [4.78, 5) is 41.2. The minimum absolute atomic E-state index is 0.146. The molecule has 0 unspecified atom stereocenters. The maximum Gasteiger partial charge on any atom is 0.407 e. The number of alkyl carbamates (subject to hydrolysis) is 1. The average molecular weight is 489 g/mol. The van der Waals surface area contributed by atoms with Crippen LogP contribution in [0.2, 0.25) is 0 Å². The Hall–Kier alpha value is -3.94. The molecule has 4 rings (SSSR count). The summed E-state index contributed by atoms with van der Waals surface area (Å²) in [5, 5.41) is 6.72. The van der Waals surface area contributed by atoms with Crippen molar-refractivity contribution >= 4 is 28.8 Å². The van der Waals surface area contributed by atoms with Gasteiger partial charge in [0.2, 0.25) is 5.91 Å². The monoisotopic (exact) mass is 488 g/mol. The van der Waals surface area contributed by atoms with E-state index in [2.05, 4.69) is 10.6 Å². The Kier molecular flexibility index (Phi) is 8.15. The van der Waals surface area contributed by atoms with E-state index in [1.165, 1.54) is 0 Å². The standard InChI is InChI=1S/C28H32N4O4/c1-2-36-28(35)31-17-19-12-10-18(11-13-19)16-30-27(34)23-15-25(32-24-9-4-3-8-22(23)24)20-6-5-7-21(14-20)26(29)33/h3-9,14-15,18-19H,2,10-13,16-17H2,1H3,(H2,29,33)(H,30,34)(H,31,35). The first-order chi connectivity index (χ1) is 17.4. The molecule has 0 radical (unpaired) electrons. The molecule has 8 heteroatoms. The molecule has 0 aliphatic heterocycles. The smallest absolute Gasteiger partial charge is 0.407 e. The number of aromatic nitrogens is 1. The fourth-order valence-electron chi connectivity index (χ4n) is 4.72. The van der Waals surface area contributed by atoms with Crippen LogP contribution in [0.3, 0.4) is 0 Å². The van der Waals surface area contributed by atoms with Crippen molar-refractivity contribution in [3.63, 3.8) is 0 Å². The van der Waals surface area contributed by atoms with Crippen molar-refractivity contribution in [2.45, 2.75) is 32.6 Å². The third kappa shape index (κ3) is 6.19. The number of nitrogens with one attached hydrogen (secondary N) is 2. The highest BCUT2D eigenvalue weighted by molar-refractivity contribution is 6.07. The minimum atomic E-state index is -0.512. The van der Waals surface area contributed by atoms with E-state index in [4.69, 9.17) is 15.5 Å². The Morgan fingerprint density at radius 3 is 2.33 bits per heavy atom. The van der Waals surface area contributed by atoms with Gasteiger partial charge in [-0.25, -0.2) is 9.78 Å². The van der Waals surface area contributed by atoms with Crippen LogP contribution >= 0.6 is 0 Å². The molecule has 0 saturated heterocycles. The zero-order valence-electron chi connectivity index (χ0n) is 20.5. The molecule has 0 bridgehead atoms. The molecule has 1 fully saturated rings. The second-order valence-corrected chi connectivity index (χ2v) is 9.22. The fourth-order valence-corrected chi connectivity index (χ4v) is 4.72. The van der Waals surface area contributed by atoms with Crippen molar-refractivity contribution in [2.75, 3.05) is 19.7 Å². The van der Waals surface area contributed by atoms with Crippen LogP contribution in [-0.2, 0) is 4.74 Å². The van der Waals surface area contributed by atoms with Gasteiger partial charge in [-0.2, -0.15) is 0 Å². The average Bonchev–Trinajstić information content (AvgIpc) is 2.90. The normalized spacial score (nSPS) is 17.4. The predicted octanol–water partition coefficient (Wildman–Crippen LogP) is 4.28. The first kappa shape index (κ1) is 25.2. The van der Waals surface area contributed by atoms with Crippen molar-refractivity contribution in [1.82, 2.24) is 15.6 Å². The molecular weight excluding hydrogens is 456 g/mol. The van der Waals surface area contributed by atoms with Crippen LogP contribution in [0.5, 0.6) is 0 Å². The summed E-state index contributed by atoms with van der Waals surface area (Å²) in [6.45, 7) is 3.38. The van der Waals surface area contributed by atoms with Crippen LogP contribution in [0, 0.1) is 11.8 Å². The number of hydrogen-bond acceptors (Lipinski definition) is 5. The number of primary amides is 1. The SMILES string of the molecule is CCOC(=O)NCC1CCC(CNC(=O)c2cc(-c3cccc(C(N)=O)c3)nc3ccccc23)CC1. The van der Waals surface area contributed by atoms with Gasteiger partial charge in [-0.05, 0) is 68.7 Å². The van der Waals surface area contributed by atoms with Gasteiger partial charge < -0.3 is 21.1 Å². The van der Waals surface area contributed by atoms with Gasteiger partial charge in [-0.15, -0.1) is 0 Å². The van der Waals surface area contributed by atoms with Gasteiger partial charge in [-0.3, -0.25) is 9.59 Å². The summed E-state index contributed by atoms with van der Waals surface area (Å²) >= 11 is 0. The number of para-hydroxylation sites is 1. The van der Waals surface area contributed by atoms with Crippen LogP contribution in [0.1, 0.15) is 53.3 Å². The van der Waals surface area contributed by atoms with Crippen LogP contribution in [-0.4, -0.2) is 42.6 Å². The molecule has 1 heterocycles. The number of pyridine rings is 1. The molecule has 1 saturated carbocycles. The number of benzene rings is 2. The van der Waals surface area contributed by atoms with E-state index >= 15 is 0 Å². The van der Waals surface area contributed by atoms with Gasteiger partial charge in [0.1, 0.15) is 0 Å². The molecule has 1 aliphatic carbocycles. The largest absolute Gasteiger partial charge is 0.450 e. The van der Waals surface area contributed by atoms with E-state index in [1.54, 1.807) is 31.2 Å². The van der Waals surface area contributed by atoms with Crippen LogP contribution in [0.25, 0.3) is 22.2 Å². The number of nitrogens with two attached hydrogens (primary N) is 1. The molecule has 3 aromatic rings. The van der Waals surface area contributed by atoms with E-state index in [-0.39, 0.29) is 12.0 Å². The Morgan fingerprint density at radius 1 is 0.944 bits per heavy atom. The second kappa shape index (κ2) is 11.7. The Balaban J connectivity index is 1.42. The minimum Gasteiger partial charge on any atom is -0.450 e. The van der Waals surface area contributed by atoms with Gasteiger partial charge in [0.15, 0.2) is 0 Å². The van der Waals surface area contributed by atoms with Gasteiger partial charge in [-0.1, -0.05) is 30.3 Å². The molecule has 0 atom stereocenters. The zero-order chi connectivity index (χ0) is 25.5. The number of ether oxygens (including phenoxy) is 1. The quantitative estimate of drug-likeness (QED) is 0.437. The second-order valence-electron chi connectivity index (χ2n) is 9.22. The lowest BCUT2D eigenvalue weighted by molar-refractivity contribution is 0.0941. The molecular formula is C28H32N4O4. The highest BCUT2D eigenvalue weighted by Crippen LogP contribution is 2.29.